The van der Waals surface area contributed by atoms with Gasteiger partial charge in [-0.2, -0.15) is 11.8 Å². The van der Waals surface area contributed by atoms with E-state index in [1.165, 1.54) is 25.7 Å². The van der Waals surface area contributed by atoms with Gasteiger partial charge in [-0.3, -0.25) is 0 Å². The highest BCUT2D eigenvalue weighted by Crippen LogP contribution is 2.25. The summed E-state index contributed by atoms with van der Waals surface area (Å²) in [4.78, 5) is 0. The summed E-state index contributed by atoms with van der Waals surface area (Å²) < 4.78 is 0. The van der Waals surface area contributed by atoms with Crippen molar-refractivity contribution in [2.75, 3.05) is 0 Å². The molecule has 0 aromatic heterocycles. The molecule has 68 valence electrons. The van der Waals surface area contributed by atoms with Crippen LogP contribution in [0.5, 0.6) is 0 Å². The zero-order valence-corrected chi connectivity index (χ0v) is 9.21. The standard InChI is InChI=1S/C10H22S/c1-5-8-10(7-3)11-9(4)6-2/h9-10H,5-8H2,1-4H3. The molecule has 0 spiro atoms. The Morgan fingerprint density at radius 1 is 1.09 bits per heavy atom. The van der Waals surface area contributed by atoms with Gasteiger partial charge in [0.05, 0.1) is 0 Å². The molecule has 0 heterocycles. The van der Waals surface area contributed by atoms with Crippen molar-refractivity contribution in [3.05, 3.63) is 0 Å². The largest absolute Gasteiger partial charge is 0.155 e. The Kier molecular flexibility index (Phi) is 7.25. The average Bonchev–Trinajstić information content (AvgIpc) is 2.03. The maximum Gasteiger partial charge on any atom is 0.00470 e. The average molecular weight is 174 g/mol. The monoisotopic (exact) mass is 174 g/mol. The van der Waals surface area contributed by atoms with Crippen LogP contribution in [0.15, 0.2) is 0 Å². The molecule has 0 N–H and O–H groups in total. The Labute approximate surface area is 76.1 Å². The van der Waals surface area contributed by atoms with Gasteiger partial charge in [0.2, 0.25) is 0 Å². The van der Waals surface area contributed by atoms with E-state index in [0.717, 1.165) is 10.5 Å². The zero-order valence-electron chi connectivity index (χ0n) is 8.39. The van der Waals surface area contributed by atoms with E-state index in [1.54, 1.807) is 0 Å². The molecule has 0 aromatic carbocycles. The van der Waals surface area contributed by atoms with E-state index in [-0.39, 0.29) is 0 Å². The highest BCUT2D eigenvalue weighted by Gasteiger charge is 2.08. The summed E-state index contributed by atoms with van der Waals surface area (Å²) in [6, 6.07) is 0. The normalized spacial score (nSPS) is 16.4. The van der Waals surface area contributed by atoms with Crippen molar-refractivity contribution in [3.8, 4) is 0 Å². The molecule has 11 heavy (non-hydrogen) atoms. The minimum Gasteiger partial charge on any atom is -0.155 e. The molecule has 0 bridgehead atoms. The van der Waals surface area contributed by atoms with Crippen molar-refractivity contribution in [1.29, 1.82) is 0 Å². The van der Waals surface area contributed by atoms with Crippen molar-refractivity contribution < 1.29 is 0 Å². The minimum atomic E-state index is 0.853. The molecule has 0 saturated carbocycles. The first kappa shape index (κ1) is 11.4. The lowest BCUT2D eigenvalue weighted by Crippen LogP contribution is -2.06. The van der Waals surface area contributed by atoms with Gasteiger partial charge in [0.1, 0.15) is 0 Å². The molecule has 2 unspecified atom stereocenters. The third-order valence-corrected chi connectivity index (χ3v) is 3.82. The fraction of sp³-hybridized carbons (Fsp3) is 1.00. The van der Waals surface area contributed by atoms with Crippen molar-refractivity contribution in [1.82, 2.24) is 0 Å². The lowest BCUT2D eigenvalue weighted by molar-refractivity contribution is 0.713. The Morgan fingerprint density at radius 3 is 2.09 bits per heavy atom. The van der Waals surface area contributed by atoms with Gasteiger partial charge >= 0.3 is 0 Å². The molecule has 0 radical (unpaired) electrons. The maximum atomic E-state index is 2.34. The molecule has 0 saturated heterocycles. The molecule has 0 aliphatic carbocycles. The van der Waals surface area contributed by atoms with E-state index in [2.05, 4.69) is 39.5 Å². The molecular formula is C10H22S. The van der Waals surface area contributed by atoms with Crippen molar-refractivity contribution >= 4 is 11.8 Å². The highest BCUT2D eigenvalue weighted by atomic mass is 32.2. The molecule has 0 amide bonds. The molecule has 0 aliphatic rings. The summed E-state index contributed by atoms with van der Waals surface area (Å²) in [5, 5.41) is 1.77. The fourth-order valence-electron chi connectivity index (χ4n) is 1.12. The summed E-state index contributed by atoms with van der Waals surface area (Å²) in [6.45, 7) is 9.19. The van der Waals surface area contributed by atoms with Gasteiger partial charge in [-0.05, 0) is 19.3 Å². The van der Waals surface area contributed by atoms with Crippen LogP contribution in [0.4, 0.5) is 0 Å². The van der Waals surface area contributed by atoms with Crippen molar-refractivity contribution in [2.24, 2.45) is 0 Å². The molecule has 2 atom stereocenters. The predicted molar refractivity (Wildman–Crippen MR) is 56.3 cm³/mol. The summed E-state index contributed by atoms with van der Waals surface area (Å²) in [6.07, 6.45) is 5.38. The van der Waals surface area contributed by atoms with Crippen LogP contribution in [0.3, 0.4) is 0 Å². The fourth-order valence-corrected chi connectivity index (χ4v) is 2.53. The summed E-state index contributed by atoms with van der Waals surface area (Å²) in [7, 11) is 0. The van der Waals surface area contributed by atoms with Crippen LogP contribution in [0.2, 0.25) is 0 Å². The first-order valence-electron chi connectivity index (χ1n) is 4.89. The topological polar surface area (TPSA) is 0 Å². The first-order chi connectivity index (χ1) is 5.24. The second-order valence-corrected chi connectivity index (χ2v) is 4.92. The number of hydrogen-bond donors (Lipinski definition) is 0. The van der Waals surface area contributed by atoms with Gasteiger partial charge in [-0.1, -0.05) is 34.1 Å². The second kappa shape index (κ2) is 7.02. The third-order valence-electron chi connectivity index (χ3n) is 2.07. The van der Waals surface area contributed by atoms with E-state index in [1.807, 2.05) is 0 Å². The van der Waals surface area contributed by atoms with Gasteiger partial charge in [-0.25, -0.2) is 0 Å². The first-order valence-corrected chi connectivity index (χ1v) is 5.84. The Morgan fingerprint density at radius 2 is 1.73 bits per heavy atom. The van der Waals surface area contributed by atoms with E-state index < -0.39 is 0 Å². The summed E-state index contributed by atoms with van der Waals surface area (Å²) >= 11 is 2.17. The molecule has 0 aliphatic heterocycles. The molecule has 0 nitrogen and oxygen atoms in total. The number of thioether (sulfide) groups is 1. The van der Waals surface area contributed by atoms with Crippen LogP contribution in [0, 0.1) is 0 Å². The van der Waals surface area contributed by atoms with Gasteiger partial charge in [0, 0.05) is 10.5 Å². The number of rotatable bonds is 6. The number of hydrogen-bond acceptors (Lipinski definition) is 1. The molecule has 0 aromatic rings. The maximum absolute atomic E-state index is 2.34. The lowest BCUT2D eigenvalue weighted by Gasteiger charge is -2.17. The van der Waals surface area contributed by atoms with Crippen LogP contribution in [-0.4, -0.2) is 10.5 Å². The predicted octanol–water partition coefficient (Wildman–Crippen LogP) is 4.10. The minimum absolute atomic E-state index is 0.853. The Hall–Kier alpha value is 0.350. The van der Waals surface area contributed by atoms with Gasteiger partial charge in [0.15, 0.2) is 0 Å². The SMILES string of the molecule is CCCC(CC)SC(C)CC. The third kappa shape index (κ3) is 5.60. The smallest absolute Gasteiger partial charge is 0.00470 e. The van der Waals surface area contributed by atoms with Crippen LogP contribution in [0.1, 0.15) is 53.4 Å². The van der Waals surface area contributed by atoms with Gasteiger partial charge in [-0.15, -0.1) is 0 Å². The van der Waals surface area contributed by atoms with Crippen LogP contribution >= 0.6 is 11.8 Å². The Balaban J connectivity index is 3.49. The van der Waals surface area contributed by atoms with Crippen LogP contribution < -0.4 is 0 Å². The van der Waals surface area contributed by atoms with E-state index in [0.29, 0.717) is 0 Å². The quantitative estimate of drug-likeness (QED) is 0.584. The molecule has 1 heteroatoms. The highest BCUT2D eigenvalue weighted by molar-refractivity contribution is 8.00. The second-order valence-electron chi connectivity index (χ2n) is 3.17. The van der Waals surface area contributed by atoms with E-state index >= 15 is 0 Å². The van der Waals surface area contributed by atoms with Crippen LogP contribution in [0.25, 0.3) is 0 Å². The summed E-state index contributed by atoms with van der Waals surface area (Å²) in [5.41, 5.74) is 0. The van der Waals surface area contributed by atoms with E-state index in [9.17, 15) is 0 Å². The molecule has 0 rings (SSSR count). The lowest BCUT2D eigenvalue weighted by atomic mass is 10.2. The van der Waals surface area contributed by atoms with Crippen molar-refractivity contribution in [2.45, 2.75) is 63.9 Å². The van der Waals surface area contributed by atoms with Gasteiger partial charge in [0.25, 0.3) is 0 Å². The molecule has 0 fully saturated rings. The van der Waals surface area contributed by atoms with Crippen LogP contribution in [-0.2, 0) is 0 Å². The van der Waals surface area contributed by atoms with Crippen molar-refractivity contribution in [3.63, 3.8) is 0 Å². The van der Waals surface area contributed by atoms with Gasteiger partial charge < -0.3 is 0 Å². The van der Waals surface area contributed by atoms with E-state index in [4.69, 9.17) is 0 Å². The summed E-state index contributed by atoms with van der Waals surface area (Å²) in [5.74, 6) is 0. The molecular weight excluding hydrogens is 152 g/mol. The Bertz CT molecular complexity index is 80.9. The zero-order chi connectivity index (χ0) is 8.69.